The molecule has 0 aliphatic rings. The van der Waals surface area contributed by atoms with Crippen LogP contribution in [0.3, 0.4) is 0 Å². The zero-order valence-electron chi connectivity index (χ0n) is 12.9. The maximum atomic E-state index is 11.9. The van der Waals surface area contributed by atoms with Crippen LogP contribution in [0, 0.1) is 13.8 Å². The predicted octanol–water partition coefficient (Wildman–Crippen LogP) is 2.07. The van der Waals surface area contributed by atoms with E-state index in [-0.39, 0.29) is 5.97 Å². The number of H-pyrrole nitrogens is 1. The summed E-state index contributed by atoms with van der Waals surface area (Å²) >= 11 is 0. The van der Waals surface area contributed by atoms with Gasteiger partial charge in [-0.3, -0.25) is 0 Å². The molecule has 21 heavy (non-hydrogen) atoms. The Hall–Kier alpha value is -2.07. The van der Waals surface area contributed by atoms with Crippen molar-refractivity contribution in [3.05, 3.63) is 58.4 Å². The molecular weight excluding hydrogens is 264 g/mol. The Balaban J connectivity index is 2.02. The largest absolute Gasteiger partial charge is 0.461 e. The van der Waals surface area contributed by atoms with E-state index in [0.717, 1.165) is 24.3 Å². The lowest BCUT2D eigenvalue weighted by Crippen LogP contribution is -2.80. The zero-order chi connectivity index (χ0) is 15.2. The number of rotatable bonds is 6. The Bertz CT molecular complexity index is 603. The summed E-state index contributed by atoms with van der Waals surface area (Å²) in [6.07, 6.45) is 0. The van der Waals surface area contributed by atoms with Gasteiger partial charge in [-0.05, 0) is 26.3 Å². The van der Waals surface area contributed by atoms with Crippen LogP contribution in [-0.4, -0.2) is 17.6 Å². The number of benzene rings is 1. The van der Waals surface area contributed by atoms with Crippen LogP contribution < -0.4 is 5.32 Å². The summed E-state index contributed by atoms with van der Waals surface area (Å²) in [5.41, 5.74) is 5.11. The number of hydrogen-bond acceptors (Lipinski definition) is 2. The smallest absolute Gasteiger partial charge is 0.355 e. The van der Waals surface area contributed by atoms with Crippen molar-refractivity contribution in [3.8, 4) is 0 Å². The van der Waals surface area contributed by atoms with Gasteiger partial charge in [-0.2, -0.15) is 0 Å². The SMILES string of the molecule is CCOC(=O)c1[nH]c(C)c(C[NH2+]Cc2ccccc2)c1C. The monoisotopic (exact) mass is 287 g/mol. The number of aryl methyl sites for hydroxylation is 1. The second kappa shape index (κ2) is 7.09. The molecule has 4 nitrogen and oxygen atoms in total. The number of ether oxygens (including phenoxy) is 1. The first-order valence-corrected chi connectivity index (χ1v) is 7.34. The van der Waals surface area contributed by atoms with Crippen LogP contribution in [0.25, 0.3) is 0 Å². The average Bonchev–Trinajstić information content (AvgIpc) is 2.76. The Labute approximate surface area is 125 Å². The normalized spacial score (nSPS) is 10.6. The number of aromatic amines is 1. The molecule has 2 aromatic rings. The van der Waals surface area contributed by atoms with Gasteiger partial charge in [0.15, 0.2) is 0 Å². The fraction of sp³-hybridized carbons (Fsp3) is 0.353. The number of carbonyl (C=O) groups is 1. The van der Waals surface area contributed by atoms with Crippen LogP contribution in [0.1, 0.15) is 39.8 Å². The van der Waals surface area contributed by atoms with Crippen molar-refractivity contribution in [3.63, 3.8) is 0 Å². The third kappa shape index (κ3) is 3.73. The molecule has 2 rings (SSSR count). The number of quaternary nitrogens is 1. The minimum atomic E-state index is -0.271. The third-order valence-corrected chi connectivity index (χ3v) is 3.64. The van der Waals surface area contributed by atoms with Crippen LogP contribution in [0.5, 0.6) is 0 Å². The molecule has 0 fully saturated rings. The molecule has 4 heteroatoms. The van der Waals surface area contributed by atoms with Gasteiger partial charge in [-0.15, -0.1) is 0 Å². The summed E-state index contributed by atoms with van der Waals surface area (Å²) in [6.45, 7) is 7.97. The van der Waals surface area contributed by atoms with Gasteiger partial charge in [-0.1, -0.05) is 30.3 Å². The summed E-state index contributed by atoms with van der Waals surface area (Å²) in [5, 5.41) is 2.24. The van der Waals surface area contributed by atoms with E-state index >= 15 is 0 Å². The zero-order valence-corrected chi connectivity index (χ0v) is 12.9. The van der Waals surface area contributed by atoms with Gasteiger partial charge in [0.2, 0.25) is 0 Å². The van der Waals surface area contributed by atoms with Crippen molar-refractivity contribution in [2.45, 2.75) is 33.9 Å². The average molecular weight is 287 g/mol. The third-order valence-electron chi connectivity index (χ3n) is 3.64. The highest BCUT2D eigenvalue weighted by Gasteiger charge is 2.18. The lowest BCUT2D eigenvalue weighted by atomic mass is 10.1. The first-order valence-electron chi connectivity index (χ1n) is 7.34. The van der Waals surface area contributed by atoms with Crippen molar-refractivity contribution in [1.29, 1.82) is 0 Å². The Morgan fingerprint density at radius 1 is 1.19 bits per heavy atom. The summed E-state index contributed by atoms with van der Waals surface area (Å²) in [7, 11) is 0. The van der Waals surface area contributed by atoms with E-state index in [2.05, 4.69) is 34.6 Å². The quantitative estimate of drug-likeness (QED) is 0.799. The maximum absolute atomic E-state index is 11.9. The molecule has 0 aliphatic carbocycles. The first-order chi connectivity index (χ1) is 10.1. The number of aromatic nitrogens is 1. The highest BCUT2D eigenvalue weighted by Crippen LogP contribution is 2.17. The minimum Gasteiger partial charge on any atom is -0.461 e. The van der Waals surface area contributed by atoms with E-state index in [0.29, 0.717) is 12.3 Å². The van der Waals surface area contributed by atoms with Crippen molar-refractivity contribution in [1.82, 2.24) is 4.98 Å². The van der Waals surface area contributed by atoms with Crippen molar-refractivity contribution >= 4 is 5.97 Å². The second-order valence-corrected chi connectivity index (χ2v) is 5.13. The topological polar surface area (TPSA) is 58.7 Å². The summed E-state index contributed by atoms with van der Waals surface area (Å²) in [4.78, 5) is 15.0. The molecule has 0 atom stereocenters. The van der Waals surface area contributed by atoms with Crippen molar-refractivity contribution < 1.29 is 14.8 Å². The van der Waals surface area contributed by atoms with Gasteiger partial charge in [0.25, 0.3) is 0 Å². The van der Waals surface area contributed by atoms with E-state index in [1.54, 1.807) is 0 Å². The molecule has 1 heterocycles. The second-order valence-electron chi connectivity index (χ2n) is 5.13. The Morgan fingerprint density at radius 2 is 1.90 bits per heavy atom. The van der Waals surface area contributed by atoms with Gasteiger partial charge in [0.05, 0.1) is 6.61 Å². The van der Waals surface area contributed by atoms with Crippen molar-refractivity contribution in [2.24, 2.45) is 0 Å². The van der Waals surface area contributed by atoms with E-state index in [9.17, 15) is 4.79 Å². The standard InChI is InChI=1S/C17H22N2O2/c1-4-21-17(20)16-12(2)15(13(3)19-16)11-18-10-14-8-6-5-7-9-14/h5-9,18-19H,4,10-11H2,1-3H3/p+1. The molecule has 112 valence electrons. The van der Waals surface area contributed by atoms with Gasteiger partial charge in [0.1, 0.15) is 18.8 Å². The molecule has 0 saturated heterocycles. The maximum Gasteiger partial charge on any atom is 0.355 e. The van der Waals surface area contributed by atoms with E-state index < -0.39 is 0 Å². The molecule has 0 saturated carbocycles. The molecule has 0 unspecified atom stereocenters. The number of nitrogens with one attached hydrogen (secondary N) is 1. The van der Waals surface area contributed by atoms with E-state index in [4.69, 9.17) is 4.74 Å². The number of carbonyl (C=O) groups excluding carboxylic acids is 1. The highest BCUT2D eigenvalue weighted by molar-refractivity contribution is 5.89. The summed E-state index contributed by atoms with van der Waals surface area (Å²) in [6, 6.07) is 10.4. The lowest BCUT2D eigenvalue weighted by molar-refractivity contribution is -0.686. The molecular formula is C17H23N2O2+. The molecule has 0 bridgehead atoms. The van der Waals surface area contributed by atoms with Crippen LogP contribution in [0.4, 0.5) is 0 Å². The summed E-state index contributed by atoms with van der Waals surface area (Å²) in [5.74, 6) is -0.271. The number of hydrogen-bond donors (Lipinski definition) is 2. The fourth-order valence-electron chi connectivity index (χ4n) is 2.50. The molecule has 0 spiro atoms. The fourth-order valence-corrected chi connectivity index (χ4v) is 2.50. The Morgan fingerprint density at radius 3 is 2.57 bits per heavy atom. The van der Waals surface area contributed by atoms with Gasteiger partial charge < -0.3 is 15.0 Å². The van der Waals surface area contributed by atoms with E-state index in [1.165, 1.54) is 11.1 Å². The molecule has 0 aliphatic heterocycles. The molecule has 1 aromatic carbocycles. The van der Waals surface area contributed by atoms with Crippen LogP contribution in [0.2, 0.25) is 0 Å². The first kappa shape index (κ1) is 15.3. The van der Waals surface area contributed by atoms with Gasteiger partial charge in [-0.25, -0.2) is 4.79 Å². The predicted molar refractivity (Wildman–Crippen MR) is 82.0 cm³/mol. The van der Waals surface area contributed by atoms with Crippen LogP contribution in [-0.2, 0) is 17.8 Å². The number of nitrogens with two attached hydrogens (primary N) is 1. The summed E-state index contributed by atoms with van der Waals surface area (Å²) < 4.78 is 5.07. The molecule has 0 radical (unpaired) electrons. The lowest BCUT2D eigenvalue weighted by Gasteiger charge is -2.04. The van der Waals surface area contributed by atoms with E-state index in [1.807, 2.05) is 26.8 Å². The van der Waals surface area contributed by atoms with Gasteiger partial charge in [0, 0.05) is 16.8 Å². The van der Waals surface area contributed by atoms with Crippen molar-refractivity contribution in [2.75, 3.05) is 6.61 Å². The minimum absolute atomic E-state index is 0.271. The van der Waals surface area contributed by atoms with Gasteiger partial charge >= 0.3 is 5.97 Å². The van der Waals surface area contributed by atoms with Crippen LogP contribution >= 0.6 is 0 Å². The molecule has 0 amide bonds. The number of esters is 1. The Kier molecular flexibility index (Phi) is 5.17. The highest BCUT2D eigenvalue weighted by atomic mass is 16.5. The molecule has 1 aromatic heterocycles. The molecule has 3 N–H and O–H groups in total. The van der Waals surface area contributed by atoms with Crippen LogP contribution in [0.15, 0.2) is 30.3 Å².